The molecule has 19 heavy (non-hydrogen) atoms. The minimum atomic E-state index is -3.64. The second-order valence-corrected chi connectivity index (χ2v) is 6.32. The largest absolute Gasteiger partial charge is 0.243 e. The summed E-state index contributed by atoms with van der Waals surface area (Å²) in [6, 6.07) is 7.93. The van der Waals surface area contributed by atoms with Crippen molar-refractivity contribution in [2.24, 2.45) is 0 Å². The highest BCUT2D eigenvalue weighted by atomic mass is 32.2. The van der Waals surface area contributed by atoms with E-state index in [1.807, 2.05) is 12.1 Å². The van der Waals surface area contributed by atoms with Gasteiger partial charge >= 0.3 is 0 Å². The molecule has 1 rings (SSSR count). The molecule has 1 unspecified atom stereocenters. The van der Waals surface area contributed by atoms with E-state index in [4.69, 9.17) is 10.5 Å². The average Bonchev–Trinajstić information content (AvgIpc) is 2.37. The Morgan fingerprint density at radius 1 is 1.37 bits per heavy atom. The van der Waals surface area contributed by atoms with Gasteiger partial charge in [0.1, 0.15) is 0 Å². The molecule has 6 heteroatoms. The molecule has 100 valence electrons. The molecule has 1 aromatic rings. The van der Waals surface area contributed by atoms with E-state index < -0.39 is 16.1 Å². The Hall–Kier alpha value is -1.89. The van der Waals surface area contributed by atoms with Crippen LogP contribution >= 0.6 is 0 Å². The lowest BCUT2D eigenvalue weighted by atomic mass is 10.1. The third-order valence-electron chi connectivity index (χ3n) is 3.00. The Kier molecular flexibility index (Phi) is 4.66. The molecule has 0 saturated carbocycles. The second-order valence-electron chi connectivity index (χ2n) is 4.32. The molecule has 0 heterocycles. The van der Waals surface area contributed by atoms with E-state index in [9.17, 15) is 8.42 Å². The predicted molar refractivity (Wildman–Crippen MR) is 70.5 cm³/mol. The molecule has 0 N–H and O–H groups in total. The van der Waals surface area contributed by atoms with Crippen LogP contribution in [0.5, 0.6) is 0 Å². The summed E-state index contributed by atoms with van der Waals surface area (Å²) in [6.45, 7) is 3.37. The minimum Gasteiger partial charge on any atom is -0.207 e. The third-order valence-corrected chi connectivity index (χ3v) is 4.97. The van der Waals surface area contributed by atoms with Crippen molar-refractivity contribution in [3.63, 3.8) is 0 Å². The molecule has 0 aliphatic heterocycles. The fraction of sp³-hybridized carbons (Fsp3) is 0.385. The smallest absolute Gasteiger partial charge is 0.207 e. The summed E-state index contributed by atoms with van der Waals surface area (Å²) in [5.41, 5.74) is 1.07. The van der Waals surface area contributed by atoms with Crippen molar-refractivity contribution in [1.82, 2.24) is 4.31 Å². The normalized spacial score (nSPS) is 12.7. The molecular formula is C13H15N3O2S. The summed E-state index contributed by atoms with van der Waals surface area (Å²) < 4.78 is 25.8. The van der Waals surface area contributed by atoms with Gasteiger partial charge in [0.05, 0.1) is 29.0 Å². The number of benzene rings is 1. The van der Waals surface area contributed by atoms with Crippen molar-refractivity contribution in [3.8, 4) is 12.1 Å². The zero-order valence-corrected chi connectivity index (χ0v) is 11.9. The van der Waals surface area contributed by atoms with Gasteiger partial charge in [-0.1, -0.05) is 0 Å². The van der Waals surface area contributed by atoms with Gasteiger partial charge in [0.2, 0.25) is 10.0 Å². The van der Waals surface area contributed by atoms with Crippen LogP contribution in [0.25, 0.3) is 0 Å². The number of sulfonamides is 1. The van der Waals surface area contributed by atoms with Crippen LogP contribution in [0.15, 0.2) is 23.1 Å². The van der Waals surface area contributed by atoms with Crippen molar-refractivity contribution in [2.75, 3.05) is 7.05 Å². The van der Waals surface area contributed by atoms with Crippen molar-refractivity contribution in [1.29, 1.82) is 10.5 Å². The Labute approximate surface area is 113 Å². The Balaban J connectivity index is 3.18. The van der Waals surface area contributed by atoms with Crippen molar-refractivity contribution >= 4 is 10.0 Å². The highest BCUT2D eigenvalue weighted by Crippen LogP contribution is 2.20. The Morgan fingerprint density at radius 3 is 2.47 bits per heavy atom. The Bertz CT molecular complexity index is 653. The second kappa shape index (κ2) is 5.83. The van der Waals surface area contributed by atoms with Crippen LogP contribution in [-0.4, -0.2) is 25.8 Å². The molecule has 0 radical (unpaired) electrons. The van der Waals surface area contributed by atoms with E-state index in [-0.39, 0.29) is 11.3 Å². The van der Waals surface area contributed by atoms with E-state index in [1.54, 1.807) is 13.8 Å². The van der Waals surface area contributed by atoms with Crippen LogP contribution < -0.4 is 0 Å². The molecule has 1 atom stereocenters. The molecule has 0 fully saturated rings. The first-order valence-corrected chi connectivity index (χ1v) is 7.14. The fourth-order valence-corrected chi connectivity index (χ4v) is 3.03. The number of rotatable bonds is 4. The maximum Gasteiger partial charge on any atom is 0.243 e. The lowest BCUT2D eigenvalue weighted by molar-refractivity contribution is 0.393. The number of nitrogens with zero attached hydrogens (tertiary/aromatic N) is 3. The van der Waals surface area contributed by atoms with E-state index in [0.717, 1.165) is 0 Å². The summed E-state index contributed by atoms with van der Waals surface area (Å²) in [4.78, 5) is 0.135. The van der Waals surface area contributed by atoms with E-state index in [0.29, 0.717) is 11.1 Å². The van der Waals surface area contributed by atoms with Gasteiger partial charge in [-0.15, -0.1) is 0 Å². The highest BCUT2D eigenvalue weighted by Gasteiger charge is 2.25. The zero-order chi connectivity index (χ0) is 14.6. The van der Waals surface area contributed by atoms with Gasteiger partial charge in [0.25, 0.3) is 0 Å². The maximum absolute atomic E-state index is 12.3. The monoisotopic (exact) mass is 277 g/mol. The number of nitriles is 2. The molecule has 1 aromatic carbocycles. The van der Waals surface area contributed by atoms with Crippen molar-refractivity contribution in [2.45, 2.75) is 31.2 Å². The molecule has 0 aliphatic carbocycles. The predicted octanol–water partition coefficient (Wildman–Crippen LogP) is 1.79. The molecule has 0 aromatic heterocycles. The standard InChI is InChI=1S/C13H15N3O2S/c1-10-8-13(5-4-12(10)9-15)19(17,18)16(3)11(2)6-7-14/h4-5,8,11H,6H2,1-3H3. The fourth-order valence-electron chi connectivity index (χ4n) is 1.59. The first-order chi connectivity index (χ1) is 8.84. The van der Waals surface area contributed by atoms with Crippen LogP contribution in [0, 0.1) is 29.6 Å². The van der Waals surface area contributed by atoms with Gasteiger partial charge in [-0.25, -0.2) is 8.42 Å². The summed E-state index contributed by atoms with van der Waals surface area (Å²) in [6.07, 6.45) is 0.130. The van der Waals surface area contributed by atoms with Gasteiger partial charge in [-0.2, -0.15) is 14.8 Å². The van der Waals surface area contributed by atoms with Gasteiger partial charge in [-0.3, -0.25) is 0 Å². The summed E-state index contributed by atoms with van der Waals surface area (Å²) in [5.74, 6) is 0. The SMILES string of the molecule is Cc1cc(S(=O)(=O)N(C)C(C)CC#N)ccc1C#N. The Morgan fingerprint density at radius 2 is 2.00 bits per heavy atom. The maximum atomic E-state index is 12.3. The third kappa shape index (κ3) is 3.11. The first kappa shape index (κ1) is 15.2. The molecular weight excluding hydrogens is 262 g/mol. The quantitative estimate of drug-likeness (QED) is 0.839. The zero-order valence-electron chi connectivity index (χ0n) is 11.1. The number of hydrogen-bond acceptors (Lipinski definition) is 4. The molecule has 0 saturated heterocycles. The molecule has 5 nitrogen and oxygen atoms in total. The van der Waals surface area contributed by atoms with E-state index in [2.05, 4.69) is 0 Å². The molecule has 0 aliphatic rings. The van der Waals surface area contributed by atoms with Crippen LogP contribution in [0.3, 0.4) is 0 Å². The van der Waals surface area contributed by atoms with Gasteiger partial charge < -0.3 is 0 Å². The number of hydrogen-bond donors (Lipinski definition) is 0. The van der Waals surface area contributed by atoms with Crippen LogP contribution in [0.1, 0.15) is 24.5 Å². The highest BCUT2D eigenvalue weighted by molar-refractivity contribution is 7.89. The minimum absolute atomic E-state index is 0.130. The number of aryl methyl sites for hydroxylation is 1. The van der Waals surface area contributed by atoms with Crippen LogP contribution in [0.2, 0.25) is 0 Å². The van der Waals surface area contributed by atoms with Gasteiger partial charge in [-0.05, 0) is 37.6 Å². The lowest BCUT2D eigenvalue weighted by Gasteiger charge is -2.22. The first-order valence-electron chi connectivity index (χ1n) is 5.70. The average molecular weight is 277 g/mol. The summed E-state index contributed by atoms with van der Waals surface area (Å²) >= 11 is 0. The molecule has 0 spiro atoms. The van der Waals surface area contributed by atoms with Gasteiger partial charge in [0, 0.05) is 13.1 Å². The van der Waals surface area contributed by atoms with Crippen molar-refractivity contribution < 1.29 is 8.42 Å². The van der Waals surface area contributed by atoms with Crippen molar-refractivity contribution in [3.05, 3.63) is 29.3 Å². The van der Waals surface area contributed by atoms with Crippen LogP contribution in [0.4, 0.5) is 0 Å². The lowest BCUT2D eigenvalue weighted by Crippen LogP contribution is -2.34. The van der Waals surface area contributed by atoms with E-state index >= 15 is 0 Å². The topological polar surface area (TPSA) is 85.0 Å². The summed E-state index contributed by atoms with van der Waals surface area (Å²) in [7, 11) is -2.19. The van der Waals surface area contributed by atoms with Gasteiger partial charge in [0.15, 0.2) is 0 Å². The molecule has 0 amide bonds. The summed E-state index contributed by atoms with van der Waals surface area (Å²) in [5, 5.41) is 17.5. The van der Waals surface area contributed by atoms with E-state index in [1.165, 1.54) is 29.6 Å². The molecule has 0 bridgehead atoms. The van der Waals surface area contributed by atoms with Crippen LogP contribution in [-0.2, 0) is 10.0 Å².